The van der Waals surface area contributed by atoms with Crippen molar-refractivity contribution in [1.29, 1.82) is 0 Å². The van der Waals surface area contributed by atoms with Crippen molar-refractivity contribution in [2.75, 3.05) is 32.8 Å². The van der Waals surface area contributed by atoms with Gasteiger partial charge in [0.05, 0.1) is 24.2 Å². The number of fused-ring (bicyclic) bond motifs is 2. The average molecular weight is 510 g/mol. The number of H-pyrrole nitrogens is 1. The summed E-state index contributed by atoms with van der Waals surface area (Å²) in [5, 5.41) is 1.80. The molecule has 5 rings (SSSR count). The highest BCUT2D eigenvalue weighted by Crippen LogP contribution is 2.39. The molecule has 1 unspecified atom stereocenters. The first kappa shape index (κ1) is 25.0. The van der Waals surface area contributed by atoms with Gasteiger partial charge in [-0.15, -0.1) is 0 Å². The zero-order valence-corrected chi connectivity index (χ0v) is 22.2. The van der Waals surface area contributed by atoms with Gasteiger partial charge in [-0.25, -0.2) is 0 Å². The molecule has 1 saturated heterocycles. The maximum Gasteiger partial charge on any atom is 0.227 e. The highest BCUT2D eigenvalue weighted by Gasteiger charge is 2.34. The minimum atomic E-state index is -0.00693. The maximum atomic E-state index is 13.8. The molecule has 0 radical (unpaired) electrons. The predicted molar refractivity (Wildman–Crippen MR) is 144 cm³/mol. The molecule has 2 atom stereocenters. The van der Waals surface area contributed by atoms with Gasteiger partial charge in [-0.3, -0.25) is 9.69 Å². The number of halogens is 1. The van der Waals surface area contributed by atoms with Crippen molar-refractivity contribution in [3.8, 4) is 11.5 Å². The van der Waals surface area contributed by atoms with Gasteiger partial charge >= 0.3 is 0 Å². The standard InChI is InChI=1S/C29H36ClN3O3/c1-19(2)16-33(17-21-14-25(30)28-27(15-21)35-12-5-13-36-28)29(34)22-9-11-32(18-22)20(3)23-6-4-7-26-24(23)8-10-31-26/h4,6-8,10,14-15,19-20,22,31H,5,9,11-13,16-18H2,1-3H3/t20?,22-/m1/s1. The first-order chi connectivity index (χ1) is 17.4. The average Bonchev–Trinajstić information content (AvgIpc) is 3.48. The summed E-state index contributed by atoms with van der Waals surface area (Å²) >= 11 is 6.54. The van der Waals surface area contributed by atoms with E-state index in [4.69, 9.17) is 21.1 Å². The Hall–Kier alpha value is -2.70. The quantitative estimate of drug-likeness (QED) is 0.421. The minimum Gasteiger partial charge on any atom is -0.489 e. The number of ether oxygens (including phenoxy) is 2. The monoisotopic (exact) mass is 509 g/mol. The molecule has 36 heavy (non-hydrogen) atoms. The molecule has 2 aliphatic heterocycles. The number of nitrogens with zero attached hydrogens (tertiary/aromatic N) is 2. The summed E-state index contributed by atoms with van der Waals surface area (Å²) < 4.78 is 11.7. The molecule has 3 heterocycles. The Morgan fingerprint density at radius 2 is 2.03 bits per heavy atom. The molecule has 1 N–H and O–H groups in total. The molecule has 0 saturated carbocycles. The number of hydrogen-bond acceptors (Lipinski definition) is 4. The van der Waals surface area contributed by atoms with Crippen LogP contribution in [0.4, 0.5) is 0 Å². The maximum absolute atomic E-state index is 13.8. The molecule has 0 spiro atoms. The summed E-state index contributed by atoms with van der Waals surface area (Å²) in [5.74, 6) is 1.87. The van der Waals surface area contributed by atoms with Gasteiger partial charge in [0, 0.05) is 49.2 Å². The van der Waals surface area contributed by atoms with Crippen LogP contribution in [0.15, 0.2) is 42.6 Å². The lowest BCUT2D eigenvalue weighted by atomic mass is 10.0. The van der Waals surface area contributed by atoms with Crippen LogP contribution >= 0.6 is 11.6 Å². The molecule has 1 fully saturated rings. The lowest BCUT2D eigenvalue weighted by molar-refractivity contribution is -0.136. The number of carbonyl (C=O) groups excluding carboxylic acids is 1. The van der Waals surface area contributed by atoms with Crippen molar-refractivity contribution >= 4 is 28.4 Å². The van der Waals surface area contributed by atoms with Gasteiger partial charge in [-0.2, -0.15) is 0 Å². The summed E-state index contributed by atoms with van der Waals surface area (Å²) in [5.41, 5.74) is 3.44. The summed E-state index contributed by atoms with van der Waals surface area (Å²) in [6.07, 6.45) is 3.70. The van der Waals surface area contributed by atoms with Crippen LogP contribution in [0.25, 0.3) is 10.9 Å². The summed E-state index contributed by atoms with van der Waals surface area (Å²) in [7, 11) is 0. The number of aromatic nitrogens is 1. The van der Waals surface area contributed by atoms with Gasteiger partial charge in [-0.1, -0.05) is 37.6 Å². The molecule has 7 heteroatoms. The fraction of sp³-hybridized carbons (Fsp3) is 0.483. The third-order valence-electron chi connectivity index (χ3n) is 7.33. The van der Waals surface area contributed by atoms with E-state index in [2.05, 4.69) is 54.9 Å². The number of hydrogen-bond donors (Lipinski definition) is 1. The number of aromatic amines is 1. The van der Waals surface area contributed by atoms with Crippen LogP contribution in [-0.4, -0.2) is 53.5 Å². The molecule has 1 aromatic heterocycles. The summed E-state index contributed by atoms with van der Waals surface area (Å²) in [4.78, 5) is 21.6. The molecule has 2 aliphatic rings. The van der Waals surface area contributed by atoms with Gasteiger partial charge in [0.1, 0.15) is 0 Å². The van der Waals surface area contributed by atoms with Gasteiger partial charge in [0.15, 0.2) is 11.5 Å². The van der Waals surface area contributed by atoms with Gasteiger partial charge < -0.3 is 19.4 Å². The van der Waals surface area contributed by atoms with E-state index < -0.39 is 0 Å². The Morgan fingerprint density at radius 3 is 2.86 bits per heavy atom. The van der Waals surface area contributed by atoms with Crippen LogP contribution < -0.4 is 9.47 Å². The molecular weight excluding hydrogens is 474 g/mol. The third kappa shape index (κ3) is 5.21. The molecule has 192 valence electrons. The number of nitrogens with one attached hydrogen (secondary N) is 1. The fourth-order valence-corrected chi connectivity index (χ4v) is 5.83. The second-order valence-corrected chi connectivity index (χ2v) is 10.9. The molecule has 3 aromatic rings. The lowest BCUT2D eigenvalue weighted by Gasteiger charge is -2.29. The van der Waals surface area contributed by atoms with Crippen LogP contribution in [0, 0.1) is 11.8 Å². The second kappa shape index (κ2) is 10.7. The number of carbonyl (C=O) groups is 1. The fourth-order valence-electron chi connectivity index (χ4n) is 5.54. The molecule has 0 aliphatic carbocycles. The number of likely N-dealkylation sites (tertiary alicyclic amines) is 1. The highest BCUT2D eigenvalue weighted by molar-refractivity contribution is 6.32. The first-order valence-corrected chi connectivity index (χ1v) is 13.5. The van der Waals surface area contributed by atoms with Crippen molar-refractivity contribution < 1.29 is 14.3 Å². The summed E-state index contributed by atoms with van der Waals surface area (Å²) in [6.45, 7) is 10.7. The van der Waals surface area contributed by atoms with E-state index in [1.807, 2.05) is 23.2 Å². The van der Waals surface area contributed by atoms with E-state index in [1.54, 1.807) is 0 Å². The normalized spacial score (nSPS) is 19.0. The smallest absolute Gasteiger partial charge is 0.227 e. The molecule has 6 nitrogen and oxygen atoms in total. The van der Waals surface area contributed by atoms with Gasteiger partial charge in [-0.05, 0) is 61.2 Å². The molecular formula is C29H36ClN3O3. The molecule has 2 aromatic carbocycles. The van der Waals surface area contributed by atoms with Crippen molar-refractivity contribution in [2.24, 2.45) is 11.8 Å². The Balaban J connectivity index is 1.31. The van der Waals surface area contributed by atoms with E-state index in [-0.39, 0.29) is 17.9 Å². The minimum absolute atomic E-state index is 0.00693. The van der Waals surface area contributed by atoms with Crippen LogP contribution in [0.3, 0.4) is 0 Å². The topological polar surface area (TPSA) is 57.8 Å². The zero-order chi connectivity index (χ0) is 25.2. The largest absolute Gasteiger partial charge is 0.489 e. The third-order valence-corrected chi connectivity index (χ3v) is 7.61. The number of benzene rings is 2. The van der Waals surface area contributed by atoms with Crippen LogP contribution in [0.1, 0.15) is 50.8 Å². The molecule has 0 bridgehead atoms. The van der Waals surface area contributed by atoms with Crippen LogP contribution in [-0.2, 0) is 11.3 Å². The SMILES string of the molecule is CC(C)CN(Cc1cc(Cl)c2c(c1)OCCCO2)C(=O)[C@@H]1CCN(C(C)c2cccc3[nH]ccc23)C1. The molecule has 1 amide bonds. The van der Waals surface area contributed by atoms with E-state index in [0.717, 1.165) is 37.0 Å². The van der Waals surface area contributed by atoms with Crippen LogP contribution in [0.5, 0.6) is 11.5 Å². The van der Waals surface area contributed by atoms with Crippen molar-refractivity contribution in [3.05, 3.63) is 58.7 Å². The van der Waals surface area contributed by atoms with Crippen LogP contribution in [0.2, 0.25) is 5.02 Å². The van der Waals surface area contributed by atoms with E-state index >= 15 is 0 Å². The highest BCUT2D eigenvalue weighted by atomic mass is 35.5. The van der Waals surface area contributed by atoms with E-state index in [0.29, 0.717) is 48.7 Å². The van der Waals surface area contributed by atoms with Gasteiger partial charge in [0.2, 0.25) is 5.91 Å². The van der Waals surface area contributed by atoms with Crippen molar-refractivity contribution in [2.45, 2.75) is 46.2 Å². The zero-order valence-electron chi connectivity index (χ0n) is 21.4. The Bertz CT molecular complexity index is 1220. The van der Waals surface area contributed by atoms with Crippen molar-refractivity contribution in [1.82, 2.24) is 14.8 Å². The Morgan fingerprint density at radius 1 is 1.19 bits per heavy atom. The van der Waals surface area contributed by atoms with Crippen molar-refractivity contribution in [3.63, 3.8) is 0 Å². The lowest BCUT2D eigenvalue weighted by Crippen LogP contribution is -2.39. The second-order valence-electron chi connectivity index (χ2n) is 10.5. The number of amides is 1. The summed E-state index contributed by atoms with van der Waals surface area (Å²) in [6, 6.07) is 12.7. The number of rotatable bonds is 7. The van der Waals surface area contributed by atoms with E-state index in [1.165, 1.54) is 10.9 Å². The first-order valence-electron chi connectivity index (χ1n) is 13.1. The Labute approximate surface area is 218 Å². The Kier molecular flexibility index (Phi) is 7.44. The predicted octanol–water partition coefficient (Wildman–Crippen LogP) is 6.05. The van der Waals surface area contributed by atoms with Gasteiger partial charge in [0.25, 0.3) is 0 Å². The van der Waals surface area contributed by atoms with E-state index in [9.17, 15) is 4.79 Å².